The van der Waals surface area contributed by atoms with Crippen molar-refractivity contribution < 1.29 is 4.79 Å². The first-order valence-electron chi connectivity index (χ1n) is 5.93. The second-order valence-corrected chi connectivity index (χ2v) is 6.44. The smallest absolute Gasteiger partial charge is 0.237 e. The van der Waals surface area contributed by atoms with Gasteiger partial charge in [-0.3, -0.25) is 4.79 Å². The first-order valence-corrected chi connectivity index (χ1v) is 7.93. The molecule has 0 saturated heterocycles. The second-order valence-electron chi connectivity index (χ2n) is 4.23. The maximum atomic E-state index is 12.5. The number of carbonyl (C=O) groups is 1. The second kappa shape index (κ2) is 6.81. The van der Waals surface area contributed by atoms with E-state index in [0.29, 0.717) is 18.5 Å². The van der Waals surface area contributed by atoms with Crippen molar-refractivity contribution in [2.75, 3.05) is 5.32 Å². The van der Waals surface area contributed by atoms with Crippen LogP contribution in [0.1, 0.15) is 26.7 Å². The van der Waals surface area contributed by atoms with E-state index >= 15 is 0 Å². The van der Waals surface area contributed by atoms with E-state index in [1.165, 1.54) is 0 Å². The zero-order valence-corrected chi connectivity index (χ0v) is 14.8. The van der Waals surface area contributed by atoms with Crippen molar-refractivity contribution in [3.8, 4) is 0 Å². The number of benzene rings is 1. The molecule has 0 atom stereocenters. The molecule has 0 heterocycles. The van der Waals surface area contributed by atoms with E-state index in [1.54, 1.807) is 0 Å². The number of halogens is 2. The fourth-order valence-electron chi connectivity index (χ4n) is 1.87. The number of hydrogen-bond acceptors (Lipinski definition) is 2. The first-order chi connectivity index (χ1) is 8.87. The summed E-state index contributed by atoms with van der Waals surface area (Å²) in [6.07, 6.45) is 1.16. The maximum Gasteiger partial charge on any atom is 0.237 e. The summed E-state index contributed by atoms with van der Waals surface area (Å²) in [5, 5.41) is 2.89. The average molecular weight is 408 g/mol. The van der Waals surface area contributed by atoms with Gasteiger partial charge in [0.25, 0.3) is 0 Å². The molecule has 1 aromatic rings. The highest BCUT2D eigenvalue weighted by Crippen LogP contribution is 2.32. The number of carbonyl (C=O) groups excluding carboxylic acids is 1. The van der Waals surface area contributed by atoms with Crippen LogP contribution in [-0.4, -0.2) is 10.9 Å². The Morgan fingerprint density at radius 2 is 1.95 bits per heavy atom. The summed E-state index contributed by atoms with van der Waals surface area (Å²) in [5.41, 5.74) is 5.67. The minimum Gasteiger partial charge on any atom is -0.392 e. The summed E-state index contributed by atoms with van der Waals surface area (Å²) < 4.78 is 1.70. The lowest BCUT2D eigenvalue weighted by Crippen LogP contribution is -2.45. The highest BCUT2D eigenvalue weighted by molar-refractivity contribution is 9.11. The number of thiocarbonyl (C=S) groups is 1. The molecule has 0 radical (unpaired) electrons. The lowest BCUT2D eigenvalue weighted by Gasteiger charge is -2.29. The van der Waals surface area contributed by atoms with Gasteiger partial charge in [-0.15, -0.1) is 0 Å². The fourth-order valence-corrected chi connectivity index (χ4v) is 2.95. The highest BCUT2D eigenvalue weighted by atomic mass is 79.9. The van der Waals surface area contributed by atoms with Gasteiger partial charge >= 0.3 is 0 Å². The van der Waals surface area contributed by atoms with Gasteiger partial charge in [-0.1, -0.05) is 42.0 Å². The van der Waals surface area contributed by atoms with Crippen LogP contribution in [0, 0.1) is 5.41 Å². The van der Waals surface area contributed by atoms with Crippen LogP contribution in [0.5, 0.6) is 0 Å². The van der Waals surface area contributed by atoms with Crippen LogP contribution in [0.2, 0.25) is 0 Å². The topological polar surface area (TPSA) is 55.1 Å². The highest BCUT2D eigenvalue weighted by Gasteiger charge is 2.38. The van der Waals surface area contributed by atoms with Gasteiger partial charge in [-0.05, 0) is 47.0 Å². The monoisotopic (exact) mass is 406 g/mol. The van der Waals surface area contributed by atoms with Gasteiger partial charge in [0.2, 0.25) is 5.91 Å². The molecule has 3 N–H and O–H groups in total. The normalized spacial score (nSPS) is 11.2. The van der Waals surface area contributed by atoms with E-state index in [0.717, 1.165) is 8.95 Å². The third-order valence-corrected chi connectivity index (χ3v) is 4.87. The van der Waals surface area contributed by atoms with Crippen molar-refractivity contribution in [1.82, 2.24) is 0 Å². The standard InChI is InChI=1S/C13H16Br2N2OS/c1-3-13(4-2,11(16)19)12(18)17-10-7-8(14)5-6-9(10)15/h5-7H,3-4H2,1-2H3,(H2,16,19)(H,17,18). The molecule has 1 rings (SSSR count). The Balaban J connectivity index is 3.07. The van der Waals surface area contributed by atoms with Gasteiger partial charge < -0.3 is 11.1 Å². The number of nitrogens with one attached hydrogen (secondary N) is 1. The van der Waals surface area contributed by atoms with Crippen molar-refractivity contribution >= 4 is 60.7 Å². The maximum absolute atomic E-state index is 12.5. The summed E-state index contributed by atoms with van der Waals surface area (Å²) in [5.74, 6) is -0.163. The fraction of sp³-hybridized carbons (Fsp3) is 0.385. The molecule has 0 fully saturated rings. The Morgan fingerprint density at radius 3 is 2.42 bits per heavy atom. The minimum absolute atomic E-state index is 0.163. The van der Waals surface area contributed by atoms with E-state index < -0.39 is 5.41 Å². The molecule has 104 valence electrons. The molecule has 1 aromatic carbocycles. The van der Waals surface area contributed by atoms with Gasteiger partial charge in [-0.2, -0.15) is 0 Å². The van der Waals surface area contributed by atoms with E-state index in [2.05, 4.69) is 37.2 Å². The van der Waals surface area contributed by atoms with Crippen molar-refractivity contribution in [1.29, 1.82) is 0 Å². The van der Waals surface area contributed by atoms with Gasteiger partial charge in [0.1, 0.15) is 0 Å². The third kappa shape index (κ3) is 3.55. The van der Waals surface area contributed by atoms with Crippen LogP contribution >= 0.6 is 44.1 Å². The Labute approximate surface area is 135 Å². The summed E-state index contributed by atoms with van der Waals surface area (Å²) >= 11 is 11.9. The molecule has 0 unspecified atom stereocenters. The van der Waals surface area contributed by atoms with Crippen molar-refractivity contribution in [2.24, 2.45) is 11.1 Å². The number of hydrogen-bond donors (Lipinski definition) is 2. The molecular formula is C13H16Br2N2OS. The van der Waals surface area contributed by atoms with Gasteiger partial charge in [0, 0.05) is 8.95 Å². The molecule has 0 bridgehead atoms. The average Bonchev–Trinajstić information content (AvgIpc) is 2.35. The first kappa shape index (κ1) is 16.6. The minimum atomic E-state index is -0.795. The van der Waals surface area contributed by atoms with Crippen LogP contribution < -0.4 is 11.1 Å². The predicted molar refractivity (Wildman–Crippen MR) is 90.3 cm³/mol. The number of nitrogens with two attached hydrogens (primary N) is 1. The number of anilines is 1. The summed E-state index contributed by atoms with van der Waals surface area (Å²) in [4.78, 5) is 12.7. The van der Waals surface area contributed by atoms with Crippen LogP contribution in [0.15, 0.2) is 27.1 Å². The largest absolute Gasteiger partial charge is 0.392 e. The van der Waals surface area contributed by atoms with Crippen molar-refractivity contribution in [2.45, 2.75) is 26.7 Å². The van der Waals surface area contributed by atoms with Crippen LogP contribution in [0.3, 0.4) is 0 Å². The Bertz CT molecular complexity index is 501. The van der Waals surface area contributed by atoms with E-state index in [9.17, 15) is 4.79 Å². The molecule has 6 heteroatoms. The molecule has 1 amide bonds. The Kier molecular flexibility index (Phi) is 5.95. The van der Waals surface area contributed by atoms with E-state index in [1.807, 2.05) is 32.0 Å². The molecule has 19 heavy (non-hydrogen) atoms. The summed E-state index contributed by atoms with van der Waals surface area (Å²) in [6, 6.07) is 5.58. The van der Waals surface area contributed by atoms with Crippen LogP contribution in [-0.2, 0) is 4.79 Å². The summed E-state index contributed by atoms with van der Waals surface area (Å²) in [6.45, 7) is 3.83. The number of amides is 1. The Hall–Kier alpha value is -0.460. The zero-order chi connectivity index (χ0) is 14.6. The summed E-state index contributed by atoms with van der Waals surface area (Å²) in [7, 11) is 0. The molecule has 0 aromatic heterocycles. The van der Waals surface area contributed by atoms with Crippen LogP contribution in [0.4, 0.5) is 5.69 Å². The van der Waals surface area contributed by atoms with E-state index in [4.69, 9.17) is 18.0 Å². The van der Waals surface area contributed by atoms with Crippen molar-refractivity contribution in [3.63, 3.8) is 0 Å². The molecule has 0 spiro atoms. The van der Waals surface area contributed by atoms with E-state index in [-0.39, 0.29) is 10.9 Å². The zero-order valence-electron chi connectivity index (χ0n) is 10.8. The molecule has 0 aliphatic rings. The molecule has 0 aliphatic heterocycles. The molecule has 0 aliphatic carbocycles. The third-order valence-electron chi connectivity index (χ3n) is 3.29. The lowest BCUT2D eigenvalue weighted by atomic mass is 9.81. The quantitative estimate of drug-likeness (QED) is 0.717. The van der Waals surface area contributed by atoms with Gasteiger partial charge in [0.05, 0.1) is 16.1 Å². The number of rotatable bonds is 5. The van der Waals surface area contributed by atoms with Gasteiger partial charge in [-0.25, -0.2) is 0 Å². The molecular weight excluding hydrogens is 392 g/mol. The van der Waals surface area contributed by atoms with Gasteiger partial charge in [0.15, 0.2) is 0 Å². The molecule has 3 nitrogen and oxygen atoms in total. The predicted octanol–water partition coefficient (Wildman–Crippen LogP) is 4.24. The Morgan fingerprint density at radius 1 is 1.37 bits per heavy atom. The molecule has 0 saturated carbocycles. The lowest BCUT2D eigenvalue weighted by molar-refractivity contribution is -0.122. The van der Waals surface area contributed by atoms with Crippen LogP contribution in [0.25, 0.3) is 0 Å². The van der Waals surface area contributed by atoms with Crippen molar-refractivity contribution in [3.05, 3.63) is 27.1 Å². The SMILES string of the molecule is CCC(CC)(C(=O)Nc1cc(Br)ccc1Br)C(N)=S.